The fraction of sp³-hybridized carbons (Fsp3) is 0.353. The number of rotatable bonds is 7. The van der Waals surface area contributed by atoms with Crippen LogP contribution >= 0.6 is 0 Å². The molecular formula is C17H20F3N3O2. The summed E-state index contributed by atoms with van der Waals surface area (Å²) in [4.78, 5) is 4.40. The summed E-state index contributed by atoms with van der Waals surface area (Å²) in [6, 6.07) is 9.47. The Morgan fingerprint density at radius 1 is 1.16 bits per heavy atom. The monoisotopic (exact) mass is 355 g/mol. The van der Waals surface area contributed by atoms with Gasteiger partial charge in [-0.3, -0.25) is 0 Å². The highest BCUT2D eigenvalue weighted by Gasteiger charge is 2.30. The summed E-state index contributed by atoms with van der Waals surface area (Å²) in [6.07, 6.45) is -2.44. The molecule has 1 aromatic carbocycles. The Bertz CT molecular complexity index is 653. The molecule has 0 bridgehead atoms. The van der Waals surface area contributed by atoms with Gasteiger partial charge in [0.15, 0.2) is 5.96 Å². The maximum absolute atomic E-state index is 12.1. The maximum Gasteiger partial charge on any atom is 0.573 e. The third kappa shape index (κ3) is 7.19. The summed E-state index contributed by atoms with van der Waals surface area (Å²) in [5.74, 6) is 1.19. The fourth-order valence-corrected chi connectivity index (χ4v) is 2.08. The SMILES string of the molecule is CCNC(=NCc1ccco1)NCCc1ccc(OC(F)(F)F)cc1. The van der Waals surface area contributed by atoms with E-state index >= 15 is 0 Å². The third-order valence-corrected chi connectivity index (χ3v) is 3.18. The van der Waals surface area contributed by atoms with E-state index in [0.29, 0.717) is 32.0 Å². The van der Waals surface area contributed by atoms with Gasteiger partial charge >= 0.3 is 6.36 Å². The molecule has 0 unspecified atom stereocenters. The number of furan rings is 1. The topological polar surface area (TPSA) is 58.8 Å². The van der Waals surface area contributed by atoms with E-state index in [1.165, 1.54) is 12.1 Å². The average Bonchev–Trinajstić information content (AvgIpc) is 3.06. The lowest BCUT2D eigenvalue weighted by Gasteiger charge is -2.12. The molecule has 5 nitrogen and oxygen atoms in total. The number of alkyl halides is 3. The van der Waals surface area contributed by atoms with Gasteiger partial charge in [0.25, 0.3) is 0 Å². The highest BCUT2D eigenvalue weighted by molar-refractivity contribution is 5.79. The van der Waals surface area contributed by atoms with E-state index in [9.17, 15) is 13.2 Å². The summed E-state index contributed by atoms with van der Waals surface area (Å²) < 4.78 is 45.4. The van der Waals surface area contributed by atoms with Crippen LogP contribution in [0, 0.1) is 0 Å². The van der Waals surface area contributed by atoms with Crippen molar-refractivity contribution in [2.45, 2.75) is 26.3 Å². The minimum Gasteiger partial charge on any atom is -0.467 e. The number of aliphatic imine (C=N–C) groups is 1. The van der Waals surface area contributed by atoms with Crippen LogP contribution in [-0.4, -0.2) is 25.4 Å². The number of nitrogens with one attached hydrogen (secondary N) is 2. The van der Waals surface area contributed by atoms with Crippen molar-refractivity contribution in [3.63, 3.8) is 0 Å². The van der Waals surface area contributed by atoms with Crippen LogP contribution in [0.4, 0.5) is 13.2 Å². The van der Waals surface area contributed by atoms with Crippen LogP contribution in [0.5, 0.6) is 5.75 Å². The Hall–Kier alpha value is -2.64. The lowest BCUT2D eigenvalue weighted by atomic mass is 10.1. The number of ether oxygens (including phenoxy) is 1. The summed E-state index contributed by atoms with van der Waals surface area (Å²) in [7, 11) is 0. The minimum atomic E-state index is -4.67. The summed E-state index contributed by atoms with van der Waals surface area (Å²) >= 11 is 0. The molecule has 0 aliphatic carbocycles. The van der Waals surface area contributed by atoms with E-state index in [2.05, 4.69) is 20.4 Å². The lowest BCUT2D eigenvalue weighted by Crippen LogP contribution is -2.38. The Morgan fingerprint density at radius 2 is 1.92 bits per heavy atom. The largest absolute Gasteiger partial charge is 0.573 e. The first-order valence-electron chi connectivity index (χ1n) is 7.85. The van der Waals surface area contributed by atoms with Gasteiger partial charge in [-0.25, -0.2) is 4.99 Å². The van der Waals surface area contributed by atoms with Gasteiger partial charge in [-0.05, 0) is 43.2 Å². The Morgan fingerprint density at radius 3 is 2.52 bits per heavy atom. The Labute approximate surface area is 143 Å². The zero-order valence-electron chi connectivity index (χ0n) is 13.8. The molecule has 0 spiro atoms. The van der Waals surface area contributed by atoms with Gasteiger partial charge in [0.2, 0.25) is 0 Å². The van der Waals surface area contributed by atoms with Crippen LogP contribution < -0.4 is 15.4 Å². The first-order chi connectivity index (χ1) is 12.0. The van der Waals surface area contributed by atoms with Crippen molar-refractivity contribution in [3.05, 3.63) is 54.0 Å². The Balaban J connectivity index is 1.81. The highest BCUT2D eigenvalue weighted by atomic mass is 19.4. The third-order valence-electron chi connectivity index (χ3n) is 3.18. The number of hydrogen-bond donors (Lipinski definition) is 2. The average molecular weight is 355 g/mol. The number of benzene rings is 1. The molecule has 2 N–H and O–H groups in total. The van der Waals surface area contributed by atoms with Crippen molar-refractivity contribution in [1.82, 2.24) is 10.6 Å². The number of nitrogens with zero attached hydrogens (tertiary/aromatic N) is 1. The smallest absolute Gasteiger partial charge is 0.467 e. The molecule has 8 heteroatoms. The maximum atomic E-state index is 12.1. The van der Waals surface area contributed by atoms with E-state index in [0.717, 1.165) is 11.3 Å². The molecule has 0 aliphatic rings. The van der Waals surface area contributed by atoms with Gasteiger partial charge in [0.1, 0.15) is 18.1 Å². The zero-order valence-corrected chi connectivity index (χ0v) is 13.8. The molecule has 1 aromatic heterocycles. The molecule has 0 aliphatic heterocycles. The van der Waals surface area contributed by atoms with E-state index in [1.807, 2.05) is 13.0 Å². The molecule has 0 amide bonds. The van der Waals surface area contributed by atoms with Crippen LogP contribution in [-0.2, 0) is 13.0 Å². The molecule has 2 aromatic rings. The fourth-order valence-electron chi connectivity index (χ4n) is 2.08. The summed E-state index contributed by atoms with van der Waals surface area (Å²) in [5.41, 5.74) is 0.893. The van der Waals surface area contributed by atoms with E-state index in [4.69, 9.17) is 4.42 Å². The van der Waals surface area contributed by atoms with Crippen molar-refractivity contribution in [2.75, 3.05) is 13.1 Å². The molecule has 25 heavy (non-hydrogen) atoms. The van der Waals surface area contributed by atoms with Crippen LogP contribution in [0.3, 0.4) is 0 Å². The van der Waals surface area contributed by atoms with E-state index < -0.39 is 6.36 Å². The minimum absolute atomic E-state index is 0.224. The van der Waals surface area contributed by atoms with Gasteiger partial charge in [-0.2, -0.15) is 0 Å². The molecule has 0 saturated carbocycles. The number of guanidine groups is 1. The quantitative estimate of drug-likeness (QED) is 0.590. The number of hydrogen-bond acceptors (Lipinski definition) is 3. The summed E-state index contributed by atoms with van der Waals surface area (Å²) in [6.45, 7) is 3.69. The zero-order chi connectivity index (χ0) is 18.1. The standard InChI is InChI=1S/C17H20F3N3O2/c1-2-21-16(23-12-15-4-3-11-24-15)22-10-9-13-5-7-14(8-6-13)25-17(18,19)20/h3-8,11H,2,9-10,12H2,1H3,(H2,21,22,23). The molecule has 0 saturated heterocycles. The second-order valence-electron chi connectivity index (χ2n) is 5.14. The lowest BCUT2D eigenvalue weighted by molar-refractivity contribution is -0.274. The molecule has 0 fully saturated rings. The van der Waals surface area contributed by atoms with Gasteiger partial charge < -0.3 is 19.8 Å². The predicted molar refractivity (Wildman–Crippen MR) is 88.4 cm³/mol. The first-order valence-corrected chi connectivity index (χ1v) is 7.85. The highest BCUT2D eigenvalue weighted by Crippen LogP contribution is 2.22. The van der Waals surface area contributed by atoms with Crippen molar-refractivity contribution in [1.29, 1.82) is 0 Å². The van der Waals surface area contributed by atoms with E-state index in [-0.39, 0.29) is 5.75 Å². The van der Waals surface area contributed by atoms with Crippen molar-refractivity contribution >= 4 is 5.96 Å². The molecular weight excluding hydrogens is 335 g/mol. The van der Waals surface area contributed by atoms with Gasteiger partial charge in [-0.1, -0.05) is 12.1 Å². The molecule has 1 heterocycles. The van der Waals surface area contributed by atoms with Crippen molar-refractivity contribution in [3.8, 4) is 5.75 Å². The van der Waals surface area contributed by atoms with E-state index in [1.54, 1.807) is 24.5 Å². The first kappa shape index (κ1) is 18.7. The molecule has 0 radical (unpaired) electrons. The van der Waals surface area contributed by atoms with Crippen LogP contribution in [0.1, 0.15) is 18.2 Å². The second kappa shape index (κ2) is 9.00. The van der Waals surface area contributed by atoms with Crippen molar-refractivity contribution in [2.24, 2.45) is 4.99 Å². The van der Waals surface area contributed by atoms with Crippen LogP contribution in [0.15, 0.2) is 52.1 Å². The molecule has 136 valence electrons. The Kier molecular flexibility index (Phi) is 6.73. The van der Waals surface area contributed by atoms with Gasteiger partial charge in [0, 0.05) is 13.1 Å². The van der Waals surface area contributed by atoms with Crippen LogP contribution in [0.25, 0.3) is 0 Å². The normalized spacial score (nSPS) is 12.1. The predicted octanol–water partition coefficient (Wildman–Crippen LogP) is 3.48. The van der Waals surface area contributed by atoms with Crippen LogP contribution in [0.2, 0.25) is 0 Å². The molecule has 0 atom stereocenters. The second-order valence-corrected chi connectivity index (χ2v) is 5.14. The summed E-state index contributed by atoms with van der Waals surface area (Å²) in [5, 5.41) is 6.29. The van der Waals surface area contributed by atoms with Crippen molar-refractivity contribution < 1.29 is 22.3 Å². The molecule has 2 rings (SSSR count). The number of halogens is 3. The van der Waals surface area contributed by atoms with Gasteiger partial charge in [0.05, 0.1) is 6.26 Å². The van der Waals surface area contributed by atoms with Gasteiger partial charge in [-0.15, -0.1) is 13.2 Å².